The van der Waals surface area contributed by atoms with Crippen LogP contribution in [-0.4, -0.2) is 28.3 Å². The van der Waals surface area contributed by atoms with Crippen LogP contribution in [0, 0.1) is 12.8 Å². The lowest BCUT2D eigenvalue weighted by Gasteiger charge is -2.21. The summed E-state index contributed by atoms with van der Waals surface area (Å²) in [5, 5.41) is 8.99. The molecule has 1 aromatic rings. The van der Waals surface area contributed by atoms with E-state index >= 15 is 0 Å². The van der Waals surface area contributed by atoms with Crippen LogP contribution in [0.4, 0.5) is 0 Å². The zero-order valence-corrected chi connectivity index (χ0v) is 11.3. The summed E-state index contributed by atoms with van der Waals surface area (Å²) < 4.78 is 17.6. The average Bonchev–Trinajstić information content (AvgIpc) is 2.40. The number of ether oxygens (including phenoxy) is 1. The van der Waals surface area contributed by atoms with Gasteiger partial charge in [-0.25, -0.2) is 0 Å². The lowest BCUT2D eigenvalue weighted by Crippen LogP contribution is -2.19. The van der Waals surface area contributed by atoms with E-state index in [1.165, 1.54) is 0 Å². The molecule has 1 aliphatic heterocycles. The van der Waals surface area contributed by atoms with Gasteiger partial charge in [0.25, 0.3) is 0 Å². The molecule has 1 aromatic carbocycles. The first-order chi connectivity index (χ1) is 8.69. The number of aryl methyl sites for hydroxylation is 1. The fraction of sp³-hybridized carbons (Fsp3) is 0.429. The van der Waals surface area contributed by atoms with Crippen molar-refractivity contribution in [3.8, 4) is 0 Å². The van der Waals surface area contributed by atoms with Gasteiger partial charge in [-0.1, -0.05) is 17.7 Å². The lowest BCUT2D eigenvalue weighted by atomic mass is 10.1. The maximum absolute atomic E-state index is 12.1. The molecule has 0 saturated carbocycles. The Kier molecular flexibility index (Phi) is 4.55. The molecule has 2 atom stereocenters. The number of allylic oxidation sites excluding steroid dienone is 1. The minimum Gasteiger partial charge on any atom is -0.497 e. The number of rotatable bonds is 4. The van der Waals surface area contributed by atoms with Gasteiger partial charge in [0.15, 0.2) is 0 Å². The van der Waals surface area contributed by atoms with Crippen LogP contribution in [0.25, 0.3) is 0 Å². The van der Waals surface area contributed by atoms with Crippen molar-refractivity contribution in [3.63, 3.8) is 0 Å². The normalized spacial score (nSPS) is 21.0. The monoisotopic (exact) mass is 266 g/mol. The number of aliphatic hydroxyl groups is 1. The third kappa shape index (κ3) is 3.43. The first-order valence-electron chi connectivity index (χ1n) is 6.07. The largest absolute Gasteiger partial charge is 0.497 e. The minimum absolute atomic E-state index is 0.144. The van der Waals surface area contributed by atoms with Crippen LogP contribution in [0.3, 0.4) is 0 Å². The van der Waals surface area contributed by atoms with Gasteiger partial charge in [-0.3, -0.25) is 4.21 Å². The minimum atomic E-state index is -1.06. The summed E-state index contributed by atoms with van der Waals surface area (Å²) in [5.41, 5.74) is 1.16. The van der Waals surface area contributed by atoms with Crippen LogP contribution in [0.2, 0.25) is 0 Å². The molecule has 1 aliphatic rings. The van der Waals surface area contributed by atoms with Gasteiger partial charge in [0.1, 0.15) is 5.76 Å². The van der Waals surface area contributed by atoms with Crippen LogP contribution in [0.5, 0.6) is 0 Å². The molecule has 0 aliphatic carbocycles. The summed E-state index contributed by atoms with van der Waals surface area (Å²) in [6.45, 7) is 2.67. The molecule has 0 spiro atoms. The Hall–Kier alpha value is -1.13. The lowest BCUT2D eigenvalue weighted by molar-refractivity contribution is 0.105. The van der Waals surface area contributed by atoms with Crippen molar-refractivity contribution >= 4 is 10.8 Å². The van der Waals surface area contributed by atoms with E-state index in [9.17, 15) is 4.21 Å². The standard InChI is InChI=1S/C14H18O3S/c1-11-2-6-14(7-3-11)18(16)10-13-5-4-12(8-15)9-17-13/h2-3,5-7,12,15H,4,8-10H2,1H3/t12-,18-/m1/s1. The maximum atomic E-state index is 12.1. The van der Waals surface area contributed by atoms with Crippen molar-refractivity contribution in [1.82, 2.24) is 0 Å². The Bertz CT molecular complexity index is 451. The van der Waals surface area contributed by atoms with Gasteiger partial charge in [-0.15, -0.1) is 0 Å². The molecule has 0 fully saturated rings. The highest BCUT2D eigenvalue weighted by Crippen LogP contribution is 2.18. The van der Waals surface area contributed by atoms with Crippen molar-refractivity contribution < 1.29 is 14.1 Å². The van der Waals surface area contributed by atoms with Crippen molar-refractivity contribution in [2.75, 3.05) is 19.0 Å². The molecule has 0 unspecified atom stereocenters. The van der Waals surface area contributed by atoms with Gasteiger partial charge >= 0.3 is 0 Å². The molecular formula is C14H18O3S. The molecule has 0 aromatic heterocycles. The van der Waals surface area contributed by atoms with Crippen LogP contribution < -0.4 is 0 Å². The van der Waals surface area contributed by atoms with E-state index in [-0.39, 0.29) is 12.5 Å². The fourth-order valence-corrected chi connectivity index (χ4v) is 2.85. The summed E-state index contributed by atoms with van der Waals surface area (Å²) >= 11 is 0. The van der Waals surface area contributed by atoms with Crippen LogP contribution >= 0.6 is 0 Å². The van der Waals surface area contributed by atoms with E-state index in [1.54, 1.807) is 0 Å². The number of hydrogen-bond donors (Lipinski definition) is 1. The highest BCUT2D eigenvalue weighted by Gasteiger charge is 2.16. The smallest absolute Gasteiger partial charge is 0.105 e. The van der Waals surface area contributed by atoms with Crippen molar-refractivity contribution in [2.24, 2.45) is 5.92 Å². The highest BCUT2D eigenvalue weighted by atomic mass is 32.2. The average molecular weight is 266 g/mol. The van der Waals surface area contributed by atoms with Crippen LogP contribution in [0.15, 0.2) is 41.0 Å². The van der Waals surface area contributed by atoms with Gasteiger partial charge < -0.3 is 9.84 Å². The Morgan fingerprint density at radius 3 is 2.67 bits per heavy atom. The first kappa shape index (κ1) is 13.3. The van der Waals surface area contributed by atoms with Gasteiger partial charge in [0.05, 0.1) is 23.2 Å². The van der Waals surface area contributed by atoms with Crippen LogP contribution in [0.1, 0.15) is 12.0 Å². The van der Waals surface area contributed by atoms with Gasteiger partial charge in [0, 0.05) is 17.4 Å². The summed E-state index contributed by atoms with van der Waals surface area (Å²) in [4.78, 5) is 0.828. The molecule has 2 rings (SSSR count). The number of benzene rings is 1. The molecule has 3 nitrogen and oxygen atoms in total. The van der Waals surface area contributed by atoms with Crippen molar-refractivity contribution in [3.05, 3.63) is 41.7 Å². The molecular weight excluding hydrogens is 248 g/mol. The number of hydrogen-bond acceptors (Lipinski definition) is 3. The van der Waals surface area contributed by atoms with Gasteiger partial charge in [-0.2, -0.15) is 0 Å². The van der Waals surface area contributed by atoms with E-state index in [1.807, 2.05) is 37.3 Å². The highest BCUT2D eigenvalue weighted by molar-refractivity contribution is 7.85. The number of aliphatic hydroxyl groups excluding tert-OH is 1. The molecule has 4 heteroatoms. The Morgan fingerprint density at radius 2 is 2.11 bits per heavy atom. The molecule has 0 bridgehead atoms. The zero-order valence-electron chi connectivity index (χ0n) is 10.5. The summed E-state index contributed by atoms with van der Waals surface area (Å²) in [7, 11) is -1.06. The molecule has 1 N–H and O–H groups in total. The fourth-order valence-electron chi connectivity index (χ4n) is 1.78. The van der Waals surface area contributed by atoms with E-state index in [0.29, 0.717) is 12.4 Å². The zero-order chi connectivity index (χ0) is 13.0. The van der Waals surface area contributed by atoms with Gasteiger partial charge in [0.2, 0.25) is 0 Å². The SMILES string of the molecule is Cc1ccc([S@](=O)CC2=CC[C@H](CO)CO2)cc1. The van der Waals surface area contributed by atoms with E-state index in [4.69, 9.17) is 9.84 Å². The molecule has 1 heterocycles. The van der Waals surface area contributed by atoms with Crippen molar-refractivity contribution in [1.29, 1.82) is 0 Å². The van der Waals surface area contributed by atoms with Crippen LogP contribution in [-0.2, 0) is 15.5 Å². The molecule has 0 radical (unpaired) electrons. The summed E-state index contributed by atoms with van der Waals surface area (Å²) in [6.07, 6.45) is 2.74. The third-order valence-corrected chi connectivity index (χ3v) is 4.34. The van der Waals surface area contributed by atoms with Gasteiger partial charge in [-0.05, 0) is 31.6 Å². The third-order valence-electron chi connectivity index (χ3n) is 3.00. The second-order valence-corrected chi connectivity index (χ2v) is 6.02. The second-order valence-electron chi connectivity index (χ2n) is 4.57. The summed E-state index contributed by atoms with van der Waals surface area (Å²) in [5.74, 6) is 1.38. The maximum Gasteiger partial charge on any atom is 0.105 e. The molecule has 98 valence electrons. The predicted molar refractivity (Wildman–Crippen MR) is 71.7 cm³/mol. The molecule has 0 amide bonds. The first-order valence-corrected chi connectivity index (χ1v) is 7.38. The Morgan fingerprint density at radius 1 is 1.39 bits per heavy atom. The van der Waals surface area contributed by atoms with E-state index in [2.05, 4.69) is 0 Å². The summed E-state index contributed by atoms with van der Waals surface area (Å²) in [6, 6.07) is 7.72. The topological polar surface area (TPSA) is 46.5 Å². The second kappa shape index (κ2) is 6.16. The van der Waals surface area contributed by atoms with Crippen molar-refractivity contribution in [2.45, 2.75) is 18.2 Å². The van der Waals surface area contributed by atoms with E-state index < -0.39 is 10.8 Å². The Labute approximate surface area is 110 Å². The van der Waals surface area contributed by atoms with E-state index in [0.717, 1.165) is 22.6 Å². The molecule has 0 saturated heterocycles. The Balaban J connectivity index is 1.96. The predicted octanol–water partition coefficient (Wildman–Crippen LogP) is 2.02. The quantitative estimate of drug-likeness (QED) is 0.907. The molecule has 18 heavy (non-hydrogen) atoms.